The summed E-state index contributed by atoms with van der Waals surface area (Å²) in [5.41, 5.74) is 0.0563. The molecule has 1 unspecified atom stereocenters. The van der Waals surface area contributed by atoms with Gasteiger partial charge >= 0.3 is 0 Å². The van der Waals surface area contributed by atoms with E-state index in [9.17, 15) is 9.59 Å². The van der Waals surface area contributed by atoms with Crippen molar-refractivity contribution in [2.75, 3.05) is 6.54 Å². The fourth-order valence-corrected chi connectivity index (χ4v) is 3.38. The predicted molar refractivity (Wildman–Crippen MR) is 75.6 cm³/mol. The maximum Gasteiger partial charge on any atom is 0.270 e. The highest BCUT2D eigenvalue weighted by Crippen LogP contribution is 2.35. The summed E-state index contributed by atoms with van der Waals surface area (Å²) >= 11 is 4.70. The van der Waals surface area contributed by atoms with Gasteiger partial charge < -0.3 is 0 Å². The lowest BCUT2D eigenvalue weighted by molar-refractivity contribution is -0.125. The van der Waals surface area contributed by atoms with E-state index < -0.39 is 0 Å². The molecule has 5 heteroatoms. The maximum atomic E-state index is 12.2. The first-order chi connectivity index (χ1) is 8.29. The number of imide groups is 1. The molecule has 2 amide bonds. The molecule has 1 aliphatic rings. The van der Waals surface area contributed by atoms with E-state index >= 15 is 0 Å². The molecule has 0 bridgehead atoms. The Morgan fingerprint density at radius 1 is 1.44 bits per heavy atom. The first kappa shape index (κ1) is 13.7. The van der Waals surface area contributed by atoms with Gasteiger partial charge in [0.25, 0.3) is 5.91 Å². The fraction of sp³-hybridized carbons (Fsp3) is 0.538. The maximum absolute atomic E-state index is 12.2. The first-order valence-electron chi connectivity index (χ1n) is 5.89. The van der Waals surface area contributed by atoms with Crippen molar-refractivity contribution in [1.29, 1.82) is 0 Å². The average molecular weight is 330 g/mol. The van der Waals surface area contributed by atoms with Gasteiger partial charge in [-0.1, -0.05) is 20.8 Å². The molecule has 1 aliphatic heterocycles. The van der Waals surface area contributed by atoms with E-state index in [1.165, 1.54) is 16.2 Å². The van der Waals surface area contributed by atoms with Crippen LogP contribution in [0.1, 0.15) is 36.9 Å². The van der Waals surface area contributed by atoms with Crippen LogP contribution in [-0.2, 0) is 4.79 Å². The summed E-state index contributed by atoms with van der Waals surface area (Å²) in [6.07, 6.45) is 0.474. The van der Waals surface area contributed by atoms with Crippen LogP contribution in [0.3, 0.4) is 0 Å². The monoisotopic (exact) mass is 329 g/mol. The highest BCUT2D eigenvalue weighted by Gasteiger charge is 2.40. The Morgan fingerprint density at radius 3 is 2.56 bits per heavy atom. The molecule has 1 fully saturated rings. The molecule has 1 saturated heterocycles. The summed E-state index contributed by atoms with van der Waals surface area (Å²) in [5, 5.41) is 0. The third kappa shape index (κ3) is 2.67. The summed E-state index contributed by atoms with van der Waals surface area (Å²) in [6, 6.07) is 3.59. The lowest BCUT2D eigenvalue weighted by atomic mass is 9.80. The van der Waals surface area contributed by atoms with Gasteiger partial charge in [0.15, 0.2) is 0 Å². The third-order valence-electron chi connectivity index (χ3n) is 3.38. The van der Waals surface area contributed by atoms with Crippen LogP contribution in [0.25, 0.3) is 0 Å². The molecule has 3 nitrogen and oxygen atoms in total. The SMILES string of the molecule is CC(C)(C)C1CC(=O)N(C(=O)c2ccc(Br)s2)C1. The van der Waals surface area contributed by atoms with E-state index in [1.807, 2.05) is 6.07 Å². The predicted octanol–water partition coefficient (Wildman–Crippen LogP) is 3.55. The Morgan fingerprint density at radius 2 is 2.11 bits per heavy atom. The Hall–Kier alpha value is -0.680. The van der Waals surface area contributed by atoms with Crippen LogP contribution in [0.2, 0.25) is 0 Å². The zero-order valence-corrected chi connectivity index (χ0v) is 13.1. The number of rotatable bonds is 1. The van der Waals surface area contributed by atoms with E-state index in [1.54, 1.807) is 6.07 Å². The van der Waals surface area contributed by atoms with Crippen molar-refractivity contribution in [3.63, 3.8) is 0 Å². The molecule has 18 heavy (non-hydrogen) atoms. The van der Waals surface area contributed by atoms with Crippen molar-refractivity contribution in [3.05, 3.63) is 20.8 Å². The molecule has 0 saturated carbocycles. The largest absolute Gasteiger partial charge is 0.277 e. The molecular formula is C13H16BrNO2S. The topological polar surface area (TPSA) is 37.4 Å². The Labute approximate surface area is 119 Å². The smallest absolute Gasteiger partial charge is 0.270 e. The van der Waals surface area contributed by atoms with E-state index in [2.05, 4.69) is 36.7 Å². The van der Waals surface area contributed by atoms with Gasteiger partial charge in [0.2, 0.25) is 5.91 Å². The van der Waals surface area contributed by atoms with E-state index in [0.717, 1.165) is 3.79 Å². The minimum Gasteiger partial charge on any atom is -0.277 e. The minimum atomic E-state index is -0.164. The van der Waals surface area contributed by atoms with Crippen molar-refractivity contribution in [2.45, 2.75) is 27.2 Å². The van der Waals surface area contributed by atoms with Crippen molar-refractivity contribution in [2.24, 2.45) is 11.3 Å². The third-order valence-corrected chi connectivity index (χ3v) is 4.99. The van der Waals surface area contributed by atoms with Gasteiger partial charge in [-0.3, -0.25) is 14.5 Å². The standard InChI is InChI=1S/C13H16BrNO2S/c1-13(2,3)8-6-11(16)15(7-8)12(17)9-4-5-10(14)18-9/h4-5,8H,6-7H2,1-3H3. The van der Waals surface area contributed by atoms with Gasteiger partial charge in [-0.05, 0) is 39.4 Å². The van der Waals surface area contributed by atoms with Crippen LogP contribution in [0.4, 0.5) is 0 Å². The van der Waals surface area contributed by atoms with Crippen LogP contribution in [0.15, 0.2) is 15.9 Å². The van der Waals surface area contributed by atoms with Crippen molar-refractivity contribution in [3.8, 4) is 0 Å². The fourth-order valence-electron chi connectivity index (χ4n) is 2.05. The Balaban J connectivity index is 2.15. The highest BCUT2D eigenvalue weighted by molar-refractivity contribution is 9.11. The molecule has 2 rings (SSSR count). The molecule has 98 valence electrons. The summed E-state index contributed by atoms with van der Waals surface area (Å²) in [6.45, 7) is 6.87. The molecule has 1 aromatic rings. The summed E-state index contributed by atoms with van der Waals surface area (Å²) in [5.74, 6) is 0.0317. The van der Waals surface area contributed by atoms with E-state index in [0.29, 0.717) is 17.8 Å². The van der Waals surface area contributed by atoms with Crippen molar-refractivity contribution in [1.82, 2.24) is 4.90 Å². The molecule has 2 heterocycles. The number of halogens is 1. The number of amides is 2. The lowest BCUT2D eigenvalue weighted by Gasteiger charge is -2.25. The molecule has 0 radical (unpaired) electrons. The normalized spacial score (nSPS) is 20.6. The summed E-state index contributed by atoms with van der Waals surface area (Å²) < 4.78 is 0.907. The van der Waals surface area contributed by atoms with Crippen molar-refractivity contribution < 1.29 is 9.59 Å². The number of hydrogen-bond acceptors (Lipinski definition) is 3. The second kappa shape index (κ2) is 4.78. The summed E-state index contributed by atoms with van der Waals surface area (Å²) in [4.78, 5) is 26.2. The molecule has 1 atom stereocenters. The molecule has 0 aliphatic carbocycles. The zero-order valence-electron chi connectivity index (χ0n) is 10.7. The number of likely N-dealkylation sites (tertiary alicyclic amines) is 1. The van der Waals surface area contributed by atoms with Gasteiger partial charge in [-0.2, -0.15) is 0 Å². The van der Waals surface area contributed by atoms with Crippen LogP contribution < -0.4 is 0 Å². The number of hydrogen-bond donors (Lipinski definition) is 0. The number of thiophene rings is 1. The van der Waals surface area contributed by atoms with E-state index in [-0.39, 0.29) is 23.1 Å². The quantitative estimate of drug-likeness (QED) is 0.739. The van der Waals surface area contributed by atoms with Crippen LogP contribution in [-0.4, -0.2) is 23.3 Å². The number of nitrogens with zero attached hydrogens (tertiary/aromatic N) is 1. The number of carbonyl (C=O) groups excluding carboxylic acids is 2. The van der Waals surface area contributed by atoms with E-state index in [4.69, 9.17) is 0 Å². The molecule has 0 N–H and O–H groups in total. The number of carbonyl (C=O) groups is 2. The lowest BCUT2D eigenvalue weighted by Crippen LogP contribution is -2.33. The van der Waals surface area contributed by atoms with Gasteiger partial charge in [-0.15, -0.1) is 11.3 Å². The van der Waals surface area contributed by atoms with Crippen molar-refractivity contribution >= 4 is 39.1 Å². The van der Waals surface area contributed by atoms with Crippen LogP contribution in [0.5, 0.6) is 0 Å². The highest BCUT2D eigenvalue weighted by atomic mass is 79.9. The first-order valence-corrected chi connectivity index (χ1v) is 7.50. The van der Waals surface area contributed by atoms with Gasteiger partial charge in [0.1, 0.15) is 0 Å². The van der Waals surface area contributed by atoms with Crippen LogP contribution >= 0.6 is 27.3 Å². The Bertz CT molecular complexity index is 489. The molecule has 0 aromatic carbocycles. The average Bonchev–Trinajstić information content (AvgIpc) is 2.83. The van der Waals surface area contributed by atoms with Gasteiger partial charge in [0, 0.05) is 13.0 Å². The molecule has 0 spiro atoms. The van der Waals surface area contributed by atoms with Gasteiger partial charge in [-0.25, -0.2) is 0 Å². The van der Waals surface area contributed by atoms with Gasteiger partial charge in [0.05, 0.1) is 8.66 Å². The van der Waals surface area contributed by atoms with Crippen LogP contribution in [0, 0.1) is 11.3 Å². The Kier molecular flexibility index (Phi) is 3.65. The minimum absolute atomic E-state index is 0.0514. The zero-order chi connectivity index (χ0) is 13.5. The second-order valence-electron chi connectivity index (χ2n) is 5.68. The second-order valence-corrected chi connectivity index (χ2v) is 8.14. The molecule has 1 aromatic heterocycles. The molecular weight excluding hydrogens is 314 g/mol. The summed E-state index contributed by atoms with van der Waals surface area (Å²) in [7, 11) is 0.